The molecule has 3 aliphatic carbocycles. The summed E-state index contributed by atoms with van der Waals surface area (Å²) in [6, 6.07) is 15.9. The van der Waals surface area contributed by atoms with Crippen LogP contribution in [0.5, 0.6) is 5.75 Å². The van der Waals surface area contributed by atoms with E-state index in [0.717, 1.165) is 26.8 Å². The Morgan fingerprint density at radius 1 is 0.736 bits per heavy atom. The van der Waals surface area contributed by atoms with Crippen LogP contribution in [0.4, 0.5) is 17.1 Å². The van der Waals surface area contributed by atoms with Crippen LogP contribution in [0.3, 0.4) is 0 Å². The third kappa shape index (κ3) is 8.06. The standard InChI is InChI=1S/C52H55Cl2N6O11P/c1-28(2)45(57-40(61)15-5-4-10-18-58-41(62)16-17-42(58)63)47(65)55-29(3)46(64)56-36-19-37-43(34-13-8-6-11-32(34)36)30(21-53)23-59(37)48(66)50-25-51(27-52(50,51)26-50)49(67)60-24-31(22-54)44-35-14-9-7-12-33(35)39(20-38(44)60)71-72(68,69)70/h6-9,11-14,16-17,19-20,28-31,45H,4-5,10,15,18,21-27H2,1-3H3,(H,55,65)(H,56,64)(H,57,61)(H2,68,69,70)/t29-,30+,31+,45-,50?,51?,52?/m0/s1. The number of anilines is 3. The van der Waals surface area contributed by atoms with Crippen LogP contribution in [-0.2, 0) is 38.1 Å². The van der Waals surface area contributed by atoms with Crippen molar-refractivity contribution in [3.05, 3.63) is 83.9 Å². The predicted octanol–water partition coefficient (Wildman–Crippen LogP) is 6.74. The van der Waals surface area contributed by atoms with Gasteiger partial charge in [-0.15, -0.1) is 23.2 Å². The lowest BCUT2D eigenvalue weighted by Crippen LogP contribution is -2.53. The number of hydrogen-bond donors (Lipinski definition) is 5. The van der Waals surface area contributed by atoms with Gasteiger partial charge >= 0.3 is 7.82 Å². The summed E-state index contributed by atoms with van der Waals surface area (Å²) in [4.78, 5) is 118. The second-order valence-corrected chi connectivity index (χ2v) is 22.4. The van der Waals surface area contributed by atoms with Gasteiger partial charge in [-0.2, -0.15) is 0 Å². The van der Waals surface area contributed by atoms with Crippen LogP contribution in [0, 0.1) is 22.2 Å². The molecule has 72 heavy (non-hydrogen) atoms. The number of amides is 7. The Hall–Kier alpha value is -5.84. The number of unbranched alkanes of at least 4 members (excludes halogenated alkanes) is 2. The van der Waals surface area contributed by atoms with E-state index in [1.54, 1.807) is 48.8 Å². The molecule has 6 aliphatic rings. The van der Waals surface area contributed by atoms with Crippen LogP contribution in [0.15, 0.2) is 72.8 Å². The number of benzene rings is 4. The average molecular weight is 1040 g/mol. The summed E-state index contributed by atoms with van der Waals surface area (Å²) in [5.74, 6) is -2.76. The number of carbonyl (C=O) groups excluding carboxylic acids is 7. The van der Waals surface area contributed by atoms with Gasteiger partial charge in [0.15, 0.2) is 0 Å². The molecule has 3 heterocycles. The molecule has 0 aromatic heterocycles. The zero-order valence-electron chi connectivity index (χ0n) is 39.9. The van der Waals surface area contributed by atoms with Crippen LogP contribution in [-0.4, -0.2) is 99.5 Å². The van der Waals surface area contributed by atoms with Crippen LogP contribution >= 0.6 is 31.0 Å². The maximum absolute atomic E-state index is 15.1. The molecule has 3 aliphatic heterocycles. The fraction of sp³-hybridized carbons (Fsp3) is 0.442. The predicted molar refractivity (Wildman–Crippen MR) is 271 cm³/mol. The van der Waals surface area contributed by atoms with E-state index in [1.807, 2.05) is 36.4 Å². The van der Waals surface area contributed by atoms with Crippen molar-refractivity contribution in [2.45, 2.75) is 89.6 Å². The van der Waals surface area contributed by atoms with Gasteiger partial charge < -0.3 is 30.3 Å². The van der Waals surface area contributed by atoms with Gasteiger partial charge in [-0.1, -0.05) is 68.8 Å². The lowest BCUT2D eigenvalue weighted by Gasteiger charge is -2.37. The third-order valence-electron chi connectivity index (χ3n) is 16.0. The van der Waals surface area contributed by atoms with Crippen LogP contribution < -0.4 is 30.3 Å². The summed E-state index contributed by atoms with van der Waals surface area (Å²) < 4.78 is 17.2. The molecule has 0 saturated heterocycles. The van der Waals surface area contributed by atoms with E-state index in [2.05, 4.69) is 16.0 Å². The molecule has 17 nitrogen and oxygen atoms in total. The van der Waals surface area contributed by atoms with Gasteiger partial charge in [-0.25, -0.2) is 4.57 Å². The highest BCUT2D eigenvalue weighted by atomic mass is 35.5. The molecule has 1 spiro atoms. The first-order valence-corrected chi connectivity index (χ1v) is 26.9. The van der Waals surface area contributed by atoms with Gasteiger partial charge in [-0.05, 0) is 72.9 Å². The van der Waals surface area contributed by atoms with Crippen LogP contribution in [0.1, 0.15) is 88.7 Å². The Bertz CT molecular complexity index is 3090. The summed E-state index contributed by atoms with van der Waals surface area (Å²) in [5.41, 5.74) is 1.10. The van der Waals surface area contributed by atoms with E-state index in [1.165, 1.54) is 18.2 Å². The second kappa shape index (κ2) is 18.3. The van der Waals surface area contributed by atoms with Gasteiger partial charge in [0, 0.05) is 89.7 Å². The van der Waals surface area contributed by atoms with Gasteiger partial charge in [0.25, 0.3) is 11.8 Å². The summed E-state index contributed by atoms with van der Waals surface area (Å²) in [7, 11) is -4.96. The highest BCUT2D eigenvalue weighted by Gasteiger charge is 3.01. The van der Waals surface area contributed by atoms with Crippen LogP contribution in [0.25, 0.3) is 21.5 Å². The molecule has 0 radical (unpaired) electrons. The van der Waals surface area contributed by atoms with Crippen molar-refractivity contribution in [3.63, 3.8) is 0 Å². The Kier molecular flexibility index (Phi) is 12.6. The highest BCUT2D eigenvalue weighted by Crippen LogP contribution is 3.01. The number of imide groups is 1. The van der Waals surface area contributed by atoms with Crippen molar-refractivity contribution in [1.29, 1.82) is 0 Å². The minimum atomic E-state index is -4.96. The maximum atomic E-state index is 15.1. The van der Waals surface area contributed by atoms with E-state index < -0.39 is 48.0 Å². The second-order valence-electron chi connectivity index (χ2n) is 20.6. The van der Waals surface area contributed by atoms with Crippen molar-refractivity contribution in [2.75, 3.05) is 46.5 Å². The minimum absolute atomic E-state index is 0.0453. The number of nitrogens with zero attached hydrogens (tertiary/aromatic N) is 3. The van der Waals surface area contributed by atoms with Crippen molar-refractivity contribution >= 4 is 111 Å². The Labute approximate surface area is 425 Å². The molecule has 378 valence electrons. The third-order valence-corrected chi connectivity index (χ3v) is 17.2. The number of rotatable bonds is 18. The molecule has 10 rings (SSSR count). The number of alkyl halides is 2. The summed E-state index contributed by atoms with van der Waals surface area (Å²) in [5, 5.41) is 11.3. The van der Waals surface area contributed by atoms with Crippen LogP contribution in [0.2, 0.25) is 0 Å². The first kappa shape index (κ1) is 49.7. The number of halogens is 2. The number of hydrogen-bond acceptors (Lipinski definition) is 9. The van der Waals surface area contributed by atoms with Crippen molar-refractivity contribution < 1.29 is 52.4 Å². The van der Waals surface area contributed by atoms with E-state index in [0.29, 0.717) is 72.9 Å². The lowest BCUT2D eigenvalue weighted by molar-refractivity contribution is -0.137. The van der Waals surface area contributed by atoms with Crippen molar-refractivity contribution in [3.8, 4) is 5.75 Å². The smallest absolute Gasteiger partial charge is 0.404 e. The first-order chi connectivity index (χ1) is 34.3. The van der Waals surface area contributed by atoms with Crippen molar-refractivity contribution in [2.24, 2.45) is 22.2 Å². The maximum Gasteiger partial charge on any atom is 0.524 e. The quantitative estimate of drug-likeness (QED) is 0.0303. The lowest BCUT2D eigenvalue weighted by atomic mass is 9.72. The summed E-state index contributed by atoms with van der Waals surface area (Å²) >= 11 is 13.2. The van der Waals surface area contributed by atoms with E-state index >= 15 is 4.79 Å². The molecule has 4 aromatic rings. The fourth-order valence-electron chi connectivity index (χ4n) is 12.5. The number of nitrogens with one attached hydrogen (secondary N) is 3. The molecule has 0 bridgehead atoms. The van der Waals surface area contributed by atoms with Gasteiger partial charge in [0.2, 0.25) is 29.5 Å². The molecule has 7 atom stereocenters. The Morgan fingerprint density at radius 2 is 1.28 bits per heavy atom. The number of carbonyl (C=O) groups is 7. The van der Waals surface area contributed by atoms with E-state index in [4.69, 9.17) is 27.7 Å². The van der Waals surface area contributed by atoms with Gasteiger partial charge in [-0.3, -0.25) is 48.2 Å². The van der Waals surface area contributed by atoms with Gasteiger partial charge in [0.1, 0.15) is 17.8 Å². The average Bonchev–Trinajstić information content (AvgIpc) is 3.72. The number of phosphoric ester groups is 1. The molecule has 3 fully saturated rings. The fourth-order valence-corrected chi connectivity index (χ4v) is 13.4. The topological polar surface area (TPSA) is 232 Å². The van der Waals surface area contributed by atoms with E-state index in [9.17, 15) is 43.1 Å². The molecule has 4 aromatic carbocycles. The Morgan fingerprint density at radius 3 is 1.82 bits per heavy atom. The normalized spacial score (nSPS) is 25.1. The SMILES string of the molecule is CC(C)[C@H](NC(=O)CCCCCN1C(=O)C=CC1=O)C(=O)N[C@@H](C)C(=O)Nc1cc2c(c3ccccc13)[C@H](CCl)CN2C(=O)C12CC3(C(=O)N4C[C@@H](CCl)c5c4cc(OP(=O)(O)O)c4ccccc54)CC13C2. The van der Waals surface area contributed by atoms with Crippen molar-refractivity contribution in [1.82, 2.24) is 15.5 Å². The monoisotopic (exact) mass is 1040 g/mol. The Balaban J connectivity index is 0.826. The zero-order chi connectivity index (χ0) is 51.2. The molecule has 3 unspecified atom stereocenters. The first-order valence-electron chi connectivity index (χ1n) is 24.3. The molecule has 5 N–H and O–H groups in total. The molecule has 7 amide bonds. The van der Waals surface area contributed by atoms with Gasteiger partial charge in [0.05, 0.1) is 22.2 Å². The summed E-state index contributed by atoms with van der Waals surface area (Å²) in [6.07, 6.45) is 5.60. The molecular weight excluding hydrogens is 986 g/mol. The highest BCUT2D eigenvalue weighted by molar-refractivity contribution is 7.46. The number of phosphoric acid groups is 1. The molecule has 20 heteroatoms. The summed E-state index contributed by atoms with van der Waals surface area (Å²) in [6.45, 7) is 5.96. The largest absolute Gasteiger partial charge is 0.524 e. The minimum Gasteiger partial charge on any atom is -0.404 e. The molecule has 3 saturated carbocycles. The molecular formula is C52H55Cl2N6O11P. The number of fused-ring (bicyclic) bond motifs is 6. The zero-order valence-corrected chi connectivity index (χ0v) is 42.3. The van der Waals surface area contributed by atoms with E-state index in [-0.39, 0.29) is 84.3 Å².